The van der Waals surface area contributed by atoms with Gasteiger partial charge in [0.05, 0.1) is 16.6 Å². The largest absolute Gasteiger partial charge is 0.305 e. The summed E-state index contributed by atoms with van der Waals surface area (Å²) >= 11 is 7.55. The SMILES string of the molecule is CCC1CN(C)CCCN1CCCc1nc(CCl)cs1. The van der Waals surface area contributed by atoms with Crippen LogP contribution in [-0.2, 0) is 12.3 Å². The highest BCUT2D eigenvalue weighted by molar-refractivity contribution is 7.09. The summed E-state index contributed by atoms with van der Waals surface area (Å²) in [6.45, 7) is 7.20. The number of rotatable bonds is 6. The first-order chi connectivity index (χ1) is 9.72. The molecule has 1 aromatic heterocycles. The van der Waals surface area contributed by atoms with Gasteiger partial charge in [0.2, 0.25) is 0 Å². The van der Waals surface area contributed by atoms with Crippen molar-refractivity contribution in [1.82, 2.24) is 14.8 Å². The molecule has 1 aliphatic rings. The summed E-state index contributed by atoms with van der Waals surface area (Å²) in [7, 11) is 2.25. The zero-order valence-electron chi connectivity index (χ0n) is 12.6. The van der Waals surface area contributed by atoms with Gasteiger partial charge in [0.1, 0.15) is 0 Å². The van der Waals surface area contributed by atoms with Gasteiger partial charge in [0, 0.05) is 24.4 Å². The lowest BCUT2D eigenvalue weighted by Crippen LogP contribution is -2.40. The van der Waals surface area contributed by atoms with Gasteiger partial charge < -0.3 is 4.90 Å². The van der Waals surface area contributed by atoms with Crippen LogP contribution in [0.4, 0.5) is 0 Å². The summed E-state index contributed by atoms with van der Waals surface area (Å²) < 4.78 is 0. The van der Waals surface area contributed by atoms with E-state index < -0.39 is 0 Å². The minimum Gasteiger partial charge on any atom is -0.305 e. The molecule has 0 aliphatic carbocycles. The van der Waals surface area contributed by atoms with Gasteiger partial charge >= 0.3 is 0 Å². The Morgan fingerprint density at radius 2 is 2.30 bits per heavy atom. The fourth-order valence-corrected chi connectivity index (χ4v) is 4.00. The molecule has 1 unspecified atom stereocenters. The summed E-state index contributed by atoms with van der Waals surface area (Å²) in [5.74, 6) is 0.535. The standard InChI is InChI=1S/C15H26ClN3S/c1-3-14-11-18(2)7-5-9-19(14)8-4-6-15-17-13(10-16)12-20-15/h12,14H,3-11H2,1-2H3. The van der Waals surface area contributed by atoms with E-state index in [0.29, 0.717) is 5.88 Å². The highest BCUT2D eigenvalue weighted by Crippen LogP contribution is 2.16. The smallest absolute Gasteiger partial charge is 0.0929 e. The summed E-state index contributed by atoms with van der Waals surface area (Å²) in [6.07, 6.45) is 4.83. The fraction of sp³-hybridized carbons (Fsp3) is 0.800. The molecular weight excluding hydrogens is 290 g/mol. The van der Waals surface area contributed by atoms with Gasteiger partial charge in [-0.1, -0.05) is 6.92 Å². The average molecular weight is 316 g/mol. The predicted molar refractivity (Wildman–Crippen MR) is 87.8 cm³/mol. The molecule has 0 spiro atoms. The normalized spacial score (nSPS) is 22.1. The molecule has 1 aromatic rings. The third-order valence-electron chi connectivity index (χ3n) is 4.07. The van der Waals surface area contributed by atoms with Crippen molar-refractivity contribution in [3.63, 3.8) is 0 Å². The van der Waals surface area contributed by atoms with Crippen molar-refractivity contribution in [2.24, 2.45) is 0 Å². The molecule has 1 fully saturated rings. The Morgan fingerprint density at radius 3 is 3.00 bits per heavy atom. The summed E-state index contributed by atoms with van der Waals surface area (Å²) in [4.78, 5) is 9.70. The lowest BCUT2D eigenvalue weighted by atomic mass is 10.1. The molecule has 2 rings (SSSR count). The topological polar surface area (TPSA) is 19.4 Å². The van der Waals surface area contributed by atoms with Crippen molar-refractivity contribution in [2.45, 2.75) is 44.5 Å². The van der Waals surface area contributed by atoms with Crippen LogP contribution in [0.2, 0.25) is 0 Å². The first kappa shape index (κ1) is 16.2. The van der Waals surface area contributed by atoms with Crippen LogP contribution in [0.1, 0.15) is 36.9 Å². The lowest BCUT2D eigenvalue weighted by molar-refractivity contribution is 0.182. The van der Waals surface area contributed by atoms with Gasteiger partial charge in [0.15, 0.2) is 0 Å². The lowest BCUT2D eigenvalue weighted by Gasteiger charge is -2.30. The molecule has 1 saturated heterocycles. The van der Waals surface area contributed by atoms with Gasteiger partial charge in [-0.25, -0.2) is 4.98 Å². The molecule has 114 valence electrons. The third-order valence-corrected chi connectivity index (χ3v) is 5.30. The Balaban J connectivity index is 1.79. The third kappa shape index (κ3) is 4.69. The van der Waals surface area contributed by atoms with Crippen LogP contribution in [0, 0.1) is 0 Å². The van der Waals surface area contributed by atoms with Crippen LogP contribution in [0.25, 0.3) is 0 Å². The maximum Gasteiger partial charge on any atom is 0.0929 e. The number of nitrogens with zero attached hydrogens (tertiary/aromatic N) is 3. The van der Waals surface area contributed by atoms with E-state index in [1.165, 1.54) is 50.4 Å². The molecule has 1 aliphatic heterocycles. The number of likely N-dealkylation sites (N-methyl/N-ethyl adjacent to an activating group) is 1. The van der Waals surface area contributed by atoms with Gasteiger partial charge in [-0.15, -0.1) is 22.9 Å². The molecule has 0 radical (unpaired) electrons. The van der Waals surface area contributed by atoms with Crippen LogP contribution >= 0.6 is 22.9 Å². The highest BCUT2D eigenvalue weighted by atomic mass is 35.5. The summed E-state index contributed by atoms with van der Waals surface area (Å²) in [5, 5.41) is 3.32. The summed E-state index contributed by atoms with van der Waals surface area (Å²) in [5.41, 5.74) is 1.02. The first-order valence-electron chi connectivity index (χ1n) is 7.64. The number of aryl methyl sites for hydroxylation is 1. The van der Waals surface area contributed by atoms with E-state index in [1.807, 2.05) is 0 Å². The molecule has 2 heterocycles. The van der Waals surface area contributed by atoms with E-state index in [4.69, 9.17) is 11.6 Å². The minimum absolute atomic E-state index is 0.535. The molecule has 0 aromatic carbocycles. The highest BCUT2D eigenvalue weighted by Gasteiger charge is 2.21. The van der Waals surface area contributed by atoms with E-state index in [0.717, 1.165) is 18.2 Å². The zero-order chi connectivity index (χ0) is 14.4. The number of halogens is 1. The predicted octanol–water partition coefficient (Wildman–Crippen LogP) is 3.23. The van der Waals surface area contributed by atoms with Gasteiger partial charge in [-0.05, 0) is 45.9 Å². The number of hydrogen-bond donors (Lipinski definition) is 0. The Morgan fingerprint density at radius 1 is 1.45 bits per heavy atom. The van der Waals surface area contributed by atoms with Crippen molar-refractivity contribution in [3.8, 4) is 0 Å². The Labute approximate surface area is 131 Å². The second-order valence-corrected chi connectivity index (χ2v) is 6.89. The van der Waals surface area contributed by atoms with Crippen LogP contribution < -0.4 is 0 Å². The van der Waals surface area contributed by atoms with E-state index in [2.05, 4.69) is 34.1 Å². The van der Waals surface area contributed by atoms with Crippen LogP contribution in [0.5, 0.6) is 0 Å². The van der Waals surface area contributed by atoms with E-state index in [-0.39, 0.29) is 0 Å². The first-order valence-corrected chi connectivity index (χ1v) is 9.06. The van der Waals surface area contributed by atoms with E-state index in [9.17, 15) is 0 Å². The van der Waals surface area contributed by atoms with Gasteiger partial charge in [-0.2, -0.15) is 0 Å². The van der Waals surface area contributed by atoms with Crippen molar-refractivity contribution in [3.05, 3.63) is 16.1 Å². The molecule has 0 bridgehead atoms. The second kappa shape index (κ2) is 8.32. The Hall–Kier alpha value is -0.160. The molecule has 0 N–H and O–H groups in total. The monoisotopic (exact) mass is 315 g/mol. The van der Waals surface area contributed by atoms with Crippen LogP contribution in [0.3, 0.4) is 0 Å². The number of aromatic nitrogens is 1. The second-order valence-electron chi connectivity index (χ2n) is 5.68. The van der Waals surface area contributed by atoms with Gasteiger partial charge in [-0.3, -0.25) is 4.90 Å². The quantitative estimate of drug-likeness (QED) is 0.751. The molecular formula is C15H26ClN3S. The van der Waals surface area contributed by atoms with Gasteiger partial charge in [0.25, 0.3) is 0 Å². The minimum atomic E-state index is 0.535. The molecule has 0 saturated carbocycles. The summed E-state index contributed by atoms with van der Waals surface area (Å²) in [6, 6.07) is 0.720. The van der Waals surface area contributed by atoms with Crippen molar-refractivity contribution < 1.29 is 0 Å². The molecule has 0 amide bonds. The van der Waals surface area contributed by atoms with Crippen LogP contribution in [-0.4, -0.2) is 54.1 Å². The van der Waals surface area contributed by atoms with E-state index in [1.54, 1.807) is 11.3 Å². The zero-order valence-corrected chi connectivity index (χ0v) is 14.2. The fourth-order valence-electron chi connectivity index (χ4n) is 2.93. The Kier molecular flexibility index (Phi) is 6.75. The maximum atomic E-state index is 5.80. The molecule has 3 nitrogen and oxygen atoms in total. The molecule has 20 heavy (non-hydrogen) atoms. The molecule has 5 heteroatoms. The van der Waals surface area contributed by atoms with Crippen molar-refractivity contribution in [1.29, 1.82) is 0 Å². The maximum absolute atomic E-state index is 5.80. The Bertz CT molecular complexity index is 396. The van der Waals surface area contributed by atoms with E-state index >= 15 is 0 Å². The number of thiazole rings is 1. The van der Waals surface area contributed by atoms with Crippen molar-refractivity contribution in [2.75, 3.05) is 33.2 Å². The molecule has 1 atom stereocenters. The van der Waals surface area contributed by atoms with Crippen molar-refractivity contribution >= 4 is 22.9 Å². The average Bonchev–Trinajstić information content (AvgIpc) is 2.83. The number of alkyl halides is 1. The van der Waals surface area contributed by atoms with Crippen LogP contribution in [0.15, 0.2) is 5.38 Å². The number of hydrogen-bond acceptors (Lipinski definition) is 4.